The normalized spacial score (nSPS) is 31.2. The summed E-state index contributed by atoms with van der Waals surface area (Å²) in [6.45, 7) is 2.36. The van der Waals surface area contributed by atoms with Gasteiger partial charge < -0.3 is 23.7 Å². The molecular weight excluding hydrogens is 303 g/mol. The van der Waals surface area contributed by atoms with E-state index in [4.69, 9.17) is 23.7 Å². The molecule has 0 aromatic heterocycles. The zero-order valence-corrected chi connectivity index (χ0v) is 12.7. The third-order valence-corrected chi connectivity index (χ3v) is 2.88. The fraction of sp³-hybridized carbons (Fsp3) is 0.769. The molecule has 1 fully saturated rings. The van der Waals surface area contributed by atoms with Crippen molar-refractivity contribution in [3.8, 4) is 0 Å². The molecule has 1 aliphatic heterocycles. The van der Waals surface area contributed by atoms with Crippen molar-refractivity contribution in [1.29, 1.82) is 0 Å². The highest BCUT2D eigenvalue weighted by Crippen LogP contribution is 2.29. The molecule has 1 heterocycles. The summed E-state index contributed by atoms with van der Waals surface area (Å²) < 4.78 is 38.5. The zero-order valence-electron chi connectivity index (χ0n) is 12.7. The molecule has 5 atom stereocenters. The zero-order chi connectivity index (χ0) is 16.9. The Morgan fingerprint density at radius 1 is 0.909 bits per heavy atom. The number of hydrogen-bond acceptors (Lipinski definition) is 8. The van der Waals surface area contributed by atoms with Crippen LogP contribution in [0.15, 0.2) is 0 Å². The molecule has 0 saturated carbocycles. The van der Waals surface area contributed by atoms with Gasteiger partial charge in [-0.15, -0.1) is 0 Å². The Morgan fingerprint density at radius 2 is 1.36 bits per heavy atom. The summed E-state index contributed by atoms with van der Waals surface area (Å²) in [4.78, 5) is 33.7. The molecule has 0 amide bonds. The van der Waals surface area contributed by atoms with Crippen LogP contribution in [0.25, 0.3) is 0 Å². The maximum atomic E-state index is 13.2. The molecule has 0 aromatic rings. The average Bonchev–Trinajstić information content (AvgIpc) is 2.41. The molecule has 0 aliphatic carbocycles. The predicted octanol–water partition coefficient (Wildman–Crippen LogP) is 0.122. The number of methoxy groups -OCH3 is 1. The van der Waals surface area contributed by atoms with Crippen molar-refractivity contribution < 1.29 is 42.5 Å². The standard InChI is InChI=1S/C13H19FO8/c1-6(15)19-10-9(5-14)22-13(18-4)12(21-8(3)17)11(10)20-7(2)16/h9-13H,5H2,1-4H3/t9-,10+,11-,12+,13-/m1/s1. The van der Waals surface area contributed by atoms with E-state index in [1.165, 1.54) is 7.11 Å². The number of carbonyl (C=O) groups excluding carboxylic acids is 3. The summed E-state index contributed by atoms with van der Waals surface area (Å²) in [5, 5.41) is 0. The summed E-state index contributed by atoms with van der Waals surface area (Å²) in [6.07, 6.45) is -6.09. The molecule has 8 nitrogen and oxygen atoms in total. The molecule has 1 aliphatic rings. The topological polar surface area (TPSA) is 97.4 Å². The molecule has 0 spiro atoms. The largest absolute Gasteiger partial charge is 0.456 e. The summed E-state index contributed by atoms with van der Waals surface area (Å²) in [7, 11) is 1.26. The first-order valence-corrected chi connectivity index (χ1v) is 6.56. The fourth-order valence-electron chi connectivity index (χ4n) is 2.17. The van der Waals surface area contributed by atoms with Crippen LogP contribution in [0.5, 0.6) is 0 Å². The van der Waals surface area contributed by atoms with Gasteiger partial charge in [-0.3, -0.25) is 14.4 Å². The lowest BCUT2D eigenvalue weighted by Gasteiger charge is -2.43. The monoisotopic (exact) mass is 322 g/mol. The number of esters is 3. The second-order valence-corrected chi connectivity index (χ2v) is 4.66. The highest BCUT2D eigenvalue weighted by Gasteiger charge is 2.52. The Kier molecular flexibility index (Phi) is 6.69. The highest BCUT2D eigenvalue weighted by atomic mass is 19.1. The lowest BCUT2D eigenvalue weighted by atomic mass is 9.98. The van der Waals surface area contributed by atoms with E-state index in [9.17, 15) is 18.8 Å². The number of hydrogen-bond donors (Lipinski definition) is 0. The second-order valence-electron chi connectivity index (χ2n) is 4.66. The van der Waals surface area contributed by atoms with E-state index in [2.05, 4.69) is 0 Å². The molecule has 126 valence electrons. The number of alkyl halides is 1. The minimum Gasteiger partial charge on any atom is -0.456 e. The van der Waals surface area contributed by atoms with Crippen molar-refractivity contribution in [2.45, 2.75) is 51.5 Å². The van der Waals surface area contributed by atoms with Gasteiger partial charge in [-0.2, -0.15) is 0 Å². The van der Waals surface area contributed by atoms with Crippen molar-refractivity contribution in [1.82, 2.24) is 0 Å². The fourth-order valence-corrected chi connectivity index (χ4v) is 2.17. The van der Waals surface area contributed by atoms with Gasteiger partial charge in [0, 0.05) is 27.9 Å². The van der Waals surface area contributed by atoms with Crippen LogP contribution in [0.3, 0.4) is 0 Å². The molecule has 0 radical (unpaired) electrons. The van der Waals surface area contributed by atoms with Crippen LogP contribution in [0, 0.1) is 0 Å². The summed E-state index contributed by atoms with van der Waals surface area (Å²) >= 11 is 0. The number of rotatable bonds is 5. The van der Waals surface area contributed by atoms with E-state index in [1.54, 1.807) is 0 Å². The second kappa shape index (κ2) is 8.04. The SMILES string of the molecule is CO[C@@H]1O[C@H](CF)[C@H](OC(C)=O)[C@@H](OC(C)=O)[C@@H]1OC(C)=O. The van der Waals surface area contributed by atoms with Gasteiger partial charge in [0.05, 0.1) is 0 Å². The van der Waals surface area contributed by atoms with Crippen LogP contribution in [-0.2, 0) is 38.1 Å². The Hall–Kier alpha value is -1.74. The lowest BCUT2D eigenvalue weighted by molar-refractivity contribution is -0.299. The van der Waals surface area contributed by atoms with Crippen molar-refractivity contribution in [2.75, 3.05) is 13.8 Å². The quantitative estimate of drug-likeness (QED) is 0.520. The van der Waals surface area contributed by atoms with Crippen molar-refractivity contribution in [3.63, 3.8) is 0 Å². The van der Waals surface area contributed by atoms with Crippen LogP contribution >= 0.6 is 0 Å². The van der Waals surface area contributed by atoms with Crippen LogP contribution in [0.1, 0.15) is 20.8 Å². The molecule has 0 aromatic carbocycles. The third kappa shape index (κ3) is 4.63. The Bertz CT molecular complexity index is 396. The Balaban J connectivity index is 3.14. The van der Waals surface area contributed by atoms with Crippen molar-refractivity contribution >= 4 is 17.9 Å². The van der Waals surface area contributed by atoms with Gasteiger partial charge in [-0.25, -0.2) is 4.39 Å². The van der Waals surface area contributed by atoms with Gasteiger partial charge >= 0.3 is 17.9 Å². The van der Waals surface area contributed by atoms with Crippen LogP contribution in [-0.4, -0.2) is 62.4 Å². The molecular formula is C13H19FO8. The first-order valence-electron chi connectivity index (χ1n) is 6.56. The minimum atomic E-state index is -1.26. The summed E-state index contributed by atoms with van der Waals surface area (Å²) in [5.41, 5.74) is 0. The van der Waals surface area contributed by atoms with Gasteiger partial charge in [0.2, 0.25) is 0 Å². The van der Waals surface area contributed by atoms with E-state index in [0.29, 0.717) is 0 Å². The van der Waals surface area contributed by atoms with Gasteiger partial charge in [-0.1, -0.05) is 0 Å². The number of ether oxygens (including phenoxy) is 5. The van der Waals surface area contributed by atoms with E-state index in [-0.39, 0.29) is 0 Å². The molecule has 0 N–H and O–H groups in total. The molecule has 0 bridgehead atoms. The predicted molar refractivity (Wildman–Crippen MR) is 68.3 cm³/mol. The average molecular weight is 322 g/mol. The lowest BCUT2D eigenvalue weighted by Crippen LogP contribution is -2.62. The Labute approximate surface area is 126 Å². The van der Waals surface area contributed by atoms with E-state index < -0.39 is 55.3 Å². The van der Waals surface area contributed by atoms with Gasteiger partial charge in [-0.05, 0) is 0 Å². The van der Waals surface area contributed by atoms with Crippen LogP contribution in [0.4, 0.5) is 4.39 Å². The van der Waals surface area contributed by atoms with Gasteiger partial charge in [0.1, 0.15) is 12.8 Å². The number of halogens is 1. The number of carbonyl (C=O) groups is 3. The third-order valence-electron chi connectivity index (χ3n) is 2.88. The first-order chi connectivity index (χ1) is 10.3. The highest BCUT2D eigenvalue weighted by molar-refractivity contribution is 5.68. The maximum absolute atomic E-state index is 13.2. The van der Waals surface area contributed by atoms with Crippen molar-refractivity contribution in [3.05, 3.63) is 0 Å². The molecule has 22 heavy (non-hydrogen) atoms. The van der Waals surface area contributed by atoms with Gasteiger partial charge in [0.25, 0.3) is 0 Å². The van der Waals surface area contributed by atoms with Crippen molar-refractivity contribution in [2.24, 2.45) is 0 Å². The van der Waals surface area contributed by atoms with E-state index >= 15 is 0 Å². The first kappa shape index (κ1) is 18.3. The molecule has 9 heteroatoms. The van der Waals surface area contributed by atoms with E-state index in [0.717, 1.165) is 20.8 Å². The molecule has 1 rings (SSSR count). The molecule has 0 unspecified atom stereocenters. The van der Waals surface area contributed by atoms with Gasteiger partial charge in [0.15, 0.2) is 24.6 Å². The maximum Gasteiger partial charge on any atom is 0.303 e. The summed E-state index contributed by atoms with van der Waals surface area (Å²) in [6, 6.07) is 0. The van der Waals surface area contributed by atoms with Crippen LogP contribution < -0.4 is 0 Å². The van der Waals surface area contributed by atoms with E-state index in [1.807, 2.05) is 0 Å². The van der Waals surface area contributed by atoms with Crippen LogP contribution in [0.2, 0.25) is 0 Å². The minimum absolute atomic E-state index is 0.687. The summed E-state index contributed by atoms with van der Waals surface area (Å²) in [5.74, 6) is -2.12. The smallest absolute Gasteiger partial charge is 0.303 e. The molecule has 1 saturated heterocycles. The Morgan fingerprint density at radius 3 is 1.77 bits per heavy atom.